The molecule has 0 bridgehead atoms. The second-order valence-electron chi connectivity index (χ2n) is 5.51. The Morgan fingerprint density at radius 1 is 1.33 bits per heavy atom. The van der Waals surface area contributed by atoms with Gasteiger partial charge in [0.2, 0.25) is 0 Å². The molecule has 1 heterocycles. The Hall–Kier alpha value is -1.02. The van der Waals surface area contributed by atoms with E-state index in [0.29, 0.717) is 12.1 Å². The topological polar surface area (TPSA) is 24.1 Å². The molecule has 0 aliphatic carbocycles. The minimum absolute atomic E-state index is 0.566. The van der Waals surface area contributed by atoms with E-state index in [1.54, 1.807) is 0 Å². The first-order chi connectivity index (χ1) is 8.79. The number of hydrogen-bond donors (Lipinski definition) is 2. The predicted molar refractivity (Wildman–Crippen MR) is 79.2 cm³/mol. The maximum absolute atomic E-state index is 3.66. The molecule has 0 saturated carbocycles. The molecular weight excluding hydrogens is 220 g/mol. The van der Waals surface area contributed by atoms with Crippen molar-refractivity contribution in [1.82, 2.24) is 5.32 Å². The van der Waals surface area contributed by atoms with Crippen molar-refractivity contribution in [2.24, 2.45) is 0 Å². The lowest BCUT2D eigenvalue weighted by Crippen LogP contribution is -2.36. The van der Waals surface area contributed by atoms with Crippen molar-refractivity contribution in [2.45, 2.75) is 58.0 Å². The van der Waals surface area contributed by atoms with Crippen molar-refractivity contribution >= 4 is 5.69 Å². The molecule has 1 aliphatic heterocycles. The Morgan fingerprint density at radius 2 is 2.17 bits per heavy atom. The summed E-state index contributed by atoms with van der Waals surface area (Å²) in [6, 6.07) is 9.85. The van der Waals surface area contributed by atoms with E-state index in [1.807, 2.05) is 0 Å². The highest BCUT2D eigenvalue weighted by Gasteiger charge is 2.19. The summed E-state index contributed by atoms with van der Waals surface area (Å²) in [7, 11) is 0. The smallest absolute Gasteiger partial charge is 0.0427 e. The summed E-state index contributed by atoms with van der Waals surface area (Å²) in [5.74, 6) is 0. The molecule has 100 valence electrons. The fourth-order valence-corrected chi connectivity index (χ4v) is 2.64. The van der Waals surface area contributed by atoms with Crippen LogP contribution in [0, 0.1) is 0 Å². The Labute approximate surface area is 111 Å². The lowest BCUT2D eigenvalue weighted by atomic mass is 10.1. The van der Waals surface area contributed by atoms with Gasteiger partial charge in [-0.15, -0.1) is 0 Å². The van der Waals surface area contributed by atoms with Crippen LogP contribution in [0.2, 0.25) is 0 Å². The molecule has 2 N–H and O–H groups in total. The number of hydrogen-bond acceptors (Lipinski definition) is 2. The highest BCUT2D eigenvalue weighted by atomic mass is 15.0. The molecule has 1 aromatic rings. The minimum Gasteiger partial charge on any atom is -0.380 e. The fraction of sp³-hybridized carbons (Fsp3) is 0.625. The van der Waals surface area contributed by atoms with Gasteiger partial charge in [0.25, 0.3) is 0 Å². The van der Waals surface area contributed by atoms with Crippen LogP contribution >= 0.6 is 0 Å². The van der Waals surface area contributed by atoms with Gasteiger partial charge in [0, 0.05) is 24.3 Å². The summed E-state index contributed by atoms with van der Waals surface area (Å²) in [5, 5.41) is 7.25. The fourth-order valence-electron chi connectivity index (χ4n) is 2.64. The van der Waals surface area contributed by atoms with Crippen molar-refractivity contribution in [3.8, 4) is 0 Å². The zero-order valence-electron chi connectivity index (χ0n) is 11.7. The highest BCUT2D eigenvalue weighted by Crippen LogP contribution is 2.24. The number of nitrogens with one attached hydrogen (secondary N) is 2. The maximum atomic E-state index is 3.66. The number of rotatable bonds is 7. The van der Waals surface area contributed by atoms with Crippen molar-refractivity contribution in [3.05, 3.63) is 29.8 Å². The summed E-state index contributed by atoms with van der Waals surface area (Å²) < 4.78 is 0. The summed E-state index contributed by atoms with van der Waals surface area (Å²) in [6.07, 6.45) is 6.48. The molecule has 2 rings (SSSR count). The van der Waals surface area contributed by atoms with E-state index in [0.717, 1.165) is 13.0 Å². The van der Waals surface area contributed by atoms with Gasteiger partial charge in [0.15, 0.2) is 0 Å². The molecule has 2 nitrogen and oxygen atoms in total. The lowest BCUT2D eigenvalue weighted by Gasteiger charge is -2.17. The van der Waals surface area contributed by atoms with Crippen molar-refractivity contribution in [2.75, 3.05) is 11.9 Å². The Kier molecular flexibility index (Phi) is 5.06. The van der Waals surface area contributed by atoms with Crippen LogP contribution in [0.25, 0.3) is 0 Å². The second-order valence-corrected chi connectivity index (χ2v) is 5.51. The lowest BCUT2D eigenvalue weighted by molar-refractivity contribution is 0.473. The van der Waals surface area contributed by atoms with Crippen LogP contribution in [0.4, 0.5) is 5.69 Å². The molecule has 1 aromatic carbocycles. The normalized spacial score (nSPS) is 19.3. The minimum atomic E-state index is 0.566. The summed E-state index contributed by atoms with van der Waals surface area (Å²) in [5.41, 5.74) is 2.78. The molecule has 1 aliphatic rings. The molecule has 0 fully saturated rings. The largest absolute Gasteiger partial charge is 0.380 e. The van der Waals surface area contributed by atoms with Gasteiger partial charge in [0.1, 0.15) is 0 Å². The number of para-hydroxylation sites is 1. The molecule has 18 heavy (non-hydrogen) atoms. The average molecular weight is 246 g/mol. The zero-order chi connectivity index (χ0) is 12.8. The third-order valence-corrected chi connectivity index (χ3v) is 3.80. The van der Waals surface area contributed by atoms with Gasteiger partial charge < -0.3 is 10.6 Å². The average Bonchev–Trinajstić information content (AvgIpc) is 2.79. The van der Waals surface area contributed by atoms with Crippen LogP contribution in [0.3, 0.4) is 0 Å². The van der Waals surface area contributed by atoms with Crippen molar-refractivity contribution < 1.29 is 0 Å². The van der Waals surface area contributed by atoms with Gasteiger partial charge in [0.05, 0.1) is 0 Å². The predicted octanol–water partition coefficient (Wildman–Crippen LogP) is 3.58. The second kappa shape index (κ2) is 6.79. The molecule has 2 heteroatoms. The van der Waals surface area contributed by atoms with Gasteiger partial charge in [-0.05, 0) is 31.4 Å². The first kappa shape index (κ1) is 13.4. The van der Waals surface area contributed by atoms with Crippen LogP contribution in [0.15, 0.2) is 24.3 Å². The van der Waals surface area contributed by atoms with Gasteiger partial charge in [-0.1, -0.05) is 44.4 Å². The van der Waals surface area contributed by atoms with Crippen LogP contribution in [0.5, 0.6) is 0 Å². The summed E-state index contributed by atoms with van der Waals surface area (Å²) >= 11 is 0. The first-order valence-corrected chi connectivity index (χ1v) is 7.37. The Morgan fingerprint density at radius 3 is 2.94 bits per heavy atom. The maximum Gasteiger partial charge on any atom is 0.0427 e. The van der Waals surface area contributed by atoms with Crippen LogP contribution in [-0.4, -0.2) is 18.6 Å². The van der Waals surface area contributed by atoms with E-state index >= 15 is 0 Å². The van der Waals surface area contributed by atoms with E-state index < -0.39 is 0 Å². The number of unbranched alkanes of at least 4 members (excludes halogenated alkanes) is 2. The van der Waals surface area contributed by atoms with Crippen LogP contribution in [-0.2, 0) is 6.42 Å². The van der Waals surface area contributed by atoms with E-state index in [1.165, 1.54) is 36.9 Å². The van der Waals surface area contributed by atoms with Gasteiger partial charge in [-0.25, -0.2) is 0 Å². The Bertz CT molecular complexity index is 337. The van der Waals surface area contributed by atoms with Crippen LogP contribution < -0.4 is 10.6 Å². The molecule has 2 atom stereocenters. The van der Waals surface area contributed by atoms with Gasteiger partial charge in [-0.2, -0.15) is 0 Å². The molecule has 2 unspecified atom stereocenters. The Balaban J connectivity index is 1.67. The van der Waals surface area contributed by atoms with Gasteiger partial charge in [-0.3, -0.25) is 0 Å². The standard InChI is InChI=1S/C16H26N2/c1-3-4-5-8-13(2)17-12-15-11-14-9-6-7-10-16(14)18-15/h6-7,9-10,13,15,17-18H,3-5,8,11-12H2,1-2H3. The molecule has 0 spiro atoms. The molecule has 0 radical (unpaired) electrons. The van der Waals surface area contributed by atoms with Crippen molar-refractivity contribution in [3.63, 3.8) is 0 Å². The number of fused-ring (bicyclic) bond motifs is 1. The molecule has 0 amide bonds. The molecular formula is C16H26N2. The monoisotopic (exact) mass is 246 g/mol. The van der Waals surface area contributed by atoms with E-state index in [-0.39, 0.29) is 0 Å². The quantitative estimate of drug-likeness (QED) is 0.719. The summed E-state index contributed by atoms with van der Waals surface area (Å²) in [4.78, 5) is 0. The highest BCUT2D eigenvalue weighted by molar-refractivity contribution is 5.56. The third-order valence-electron chi connectivity index (χ3n) is 3.80. The van der Waals surface area contributed by atoms with E-state index in [9.17, 15) is 0 Å². The first-order valence-electron chi connectivity index (χ1n) is 7.37. The van der Waals surface area contributed by atoms with E-state index in [4.69, 9.17) is 0 Å². The summed E-state index contributed by atoms with van der Waals surface area (Å²) in [6.45, 7) is 5.64. The van der Waals surface area contributed by atoms with Crippen molar-refractivity contribution in [1.29, 1.82) is 0 Å². The van der Waals surface area contributed by atoms with Crippen LogP contribution in [0.1, 0.15) is 45.1 Å². The third kappa shape index (κ3) is 3.74. The number of benzene rings is 1. The SMILES string of the molecule is CCCCCC(C)NCC1Cc2ccccc2N1. The van der Waals surface area contributed by atoms with Gasteiger partial charge >= 0.3 is 0 Å². The van der Waals surface area contributed by atoms with E-state index in [2.05, 4.69) is 48.7 Å². The molecule has 0 aromatic heterocycles. The number of anilines is 1. The zero-order valence-corrected chi connectivity index (χ0v) is 11.7. The molecule has 0 saturated heterocycles.